The summed E-state index contributed by atoms with van der Waals surface area (Å²) in [6.07, 6.45) is 1.92. The molecule has 0 bridgehead atoms. The van der Waals surface area contributed by atoms with E-state index in [-0.39, 0.29) is 5.69 Å². The lowest BCUT2D eigenvalue weighted by Gasteiger charge is -2.09. The number of esters is 1. The zero-order chi connectivity index (χ0) is 11.4. The number of methoxy groups -OCH3 is 1. The van der Waals surface area contributed by atoms with E-state index in [1.54, 1.807) is 0 Å². The van der Waals surface area contributed by atoms with Crippen LogP contribution in [0, 0.1) is 5.92 Å². The van der Waals surface area contributed by atoms with Gasteiger partial charge in [-0.15, -0.1) is 0 Å². The zero-order valence-corrected chi connectivity index (χ0v) is 9.71. The Morgan fingerprint density at radius 1 is 1.53 bits per heavy atom. The molecule has 1 heterocycles. The second-order valence-electron chi connectivity index (χ2n) is 3.58. The zero-order valence-electron chi connectivity index (χ0n) is 8.95. The lowest BCUT2D eigenvalue weighted by atomic mass is 10.0. The Bertz CT molecular complexity index is 366. The minimum Gasteiger partial charge on any atom is -0.464 e. The molecule has 1 aromatic heterocycles. The molecule has 0 fully saturated rings. The average molecular weight is 229 g/mol. The van der Waals surface area contributed by atoms with E-state index in [4.69, 9.17) is 11.6 Å². The van der Waals surface area contributed by atoms with Crippen LogP contribution in [0.15, 0.2) is 6.33 Å². The highest BCUT2D eigenvalue weighted by molar-refractivity contribution is 6.30. The minimum atomic E-state index is -0.477. The second-order valence-corrected chi connectivity index (χ2v) is 3.94. The lowest BCUT2D eigenvalue weighted by Crippen LogP contribution is -2.11. The summed E-state index contributed by atoms with van der Waals surface area (Å²) in [6.45, 7) is 4.06. The first-order valence-electron chi connectivity index (χ1n) is 4.64. The number of nitrogens with zero attached hydrogens (tertiary/aromatic N) is 2. The van der Waals surface area contributed by atoms with Gasteiger partial charge in [0, 0.05) is 5.56 Å². The van der Waals surface area contributed by atoms with Gasteiger partial charge in [-0.05, 0) is 12.3 Å². The summed E-state index contributed by atoms with van der Waals surface area (Å²) in [4.78, 5) is 19.1. The monoisotopic (exact) mass is 228 g/mol. The molecule has 0 radical (unpaired) electrons. The summed E-state index contributed by atoms with van der Waals surface area (Å²) in [5.74, 6) is -0.105. The molecule has 15 heavy (non-hydrogen) atoms. The molecule has 0 N–H and O–H groups in total. The molecule has 4 nitrogen and oxygen atoms in total. The fourth-order valence-corrected chi connectivity index (χ4v) is 1.46. The van der Waals surface area contributed by atoms with Crippen molar-refractivity contribution in [3.63, 3.8) is 0 Å². The molecule has 82 valence electrons. The molecule has 0 atom stereocenters. The number of ether oxygens (including phenoxy) is 1. The Hall–Kier alpha value is -1.16. The maximum Gasteiger partial charge on any atom is 0.357 e. The standard InChI is InChI=1S/C10H13ClN2O2/c1-6(2)4-7-8(10(14)15-3)12-5-13-9(7)11/h5-6H,4H2,1-3H3. The van der Waals surface area contributed by atoms with E-state index in [0.29, 0.717) is 23.1 Å². The van der Waals surface area contributed by atoms with E-state index in [1.807, 2.05) is 13.8 Å². The molecule has 1 rings (SSSR count). The fourth-order valence-electron chi connectivity index (χ4n) is 1.25. The molecule has 0 aliphatic rings. The molecule has 1 aromatic rings. The Labute approximate surface area is 93.6 Å². The summed E-state index contributed by atoms with van der Waals surface area (Å²) in [6, 6.07) is 0. The number of halogens is 1. The molecule has 0 aliphatic carbocycles. The van der Waals surface area contributed by atoms with Gasteiger partial charge < -0.3 is 4.74 Å². The van der Waals surface area contributed by atoms with Crippen molar-refractivity contribution in [1.29, 1.82) is 0 Å². The van der Waals surface area contributed by atoms with Crippen LogP contribution in [0.5, 0.6) is 0 Å². The molecule has 0 aromatic carbocycles. The van der Waals surface area contributed by atoms with Gasteiger partial charge in [0.1, 0.15) is 11.5 Å². The van der Waals surface area contributed by atoms with Crippen molar-refractivity contribution in [3.05, 3.63) is 22.7 Å². The van der Waals surface area contributed by atoms with Gasteiger partial charge in [0.25, 0.3) is 0 Å². The van der Waals surface area contributed by atoms with Crippen molar-refractivity contribution in [1.82, 2.24) is 9.97 Å². The van der Waals surface area contributed by atoms with Crippen LogP contribution in [-0.4, -0.2) is 23.0 Å². The fraction of sp³-hybridized carbons (Fsp3) is 0.500. The number of carbonyl (C=O) groups excluding carboxylic acids is 1. The summed E-state index contributed by atoms with van der Waals surface area (Å²) in [5.41, 5.74) is 0.909. The Kier molecular flexibility index (Phi) is 4.03. The SMILES string of the molecule is COC(=O)c1ncnc(Cl)c1CC(C)C. The van der Waals surface area contributed by atoms with Crippen molar-refractivity contribution < 1.29 is 9.53 Å². The van der Waals surface area contributed by atoms with Crippen LogP contribution in [0.25, 0.3) is 0 Å². The predicted molar refractivity (Wildman–Crippen MR) is 56.9 cm³/mol. The van der Waals surface area contributed by atoms with E-state index in [2.05, 4.69) is 14.7 Å². The highest BCUT2D eigenvalue weighted by Crippen LogP contribution is 2.19. The van der Waals surface area contributed by atoms with Gasteiger partial charge in [-0.2, -0.15) is 0 Å². The van der Waals surface area contributed by atoms with Crippen molar-refractivity contribution in [2.75, 3.05) is 7.11 Å². The van der Waals surface area contributed by atoms with Crippen LogP contribution in [0.4, 0.5) is 0 Å². The van der Waals surface area contributed by atoms with Crippen LogP contribution in [0.2, 0.25) is 5.15 Å². The number of aromatic nitrogens is 2. The summed E-state index contributed by atoms with van der Waals surface area (Å²) in [7, 11) is 1.32. The van der Waals surface area contributed by atoms with Gasteiger partial charge in [-0.3, -0.25) is 0 Å². The summed E-state index contributed by atoms with van der Waals surface area (Å²) < 4.78 is 4.63. The van der Waals surface area contributed by atoms with Gasteiger partial charge in [0.2, 0.25) is 0 Å². The van der Waals surface area contributed by atoms with Gasteiger partial charge in [0.05, 0.1) is 7.11 Å². The molecule has 0 aliphatic heterocycles. The van der Waals surface area contributed by atoms with E-state index in [1.165, 1.54) is 13.4 Å². The van der Waals surface area contributed by atoms with Crippen molar-refractivity contribution >= 4 is 17.6 Å². The summed E-state index contributed by atoms with van der Waals surface area (Å²) >= 11 is 5.92. The highest BCUT2D eigenvalue weighted by atomic mass is 35.5. The van der Waals surface area contributed by atoms with Crippen molar-refractivity contribution in [3.8, 4) is 0 Å². The van der Waals surface area contributed by atoms with Gasteiger partial charge in [-0.25, -0.2) is 14.8 Å². The number of rotatable bonds is 3. The minimum absolute atomic E-state index is 0.256. The third-order valence-corrected chi connectivity index (χ3v) is 2.21. The smallest absolute Gasteiger partial charge is 0.357 e. The maximum atomic E-state index is 11.4. The summed E-state index contributed by atoms with van der Waals surface area (Å²) in [5, 5.41) is 0.319. The van der Waals surface area contributed by atoms with Crippen molar-refractivity contribution in [2.45, 2.75) is 20.3 Å². The second kappa shape index (κ2) is 5.07. The molecular weight excluding hydrogens is 216 g/mol. The van der Waals surface area contributed by atoms with Crippen LogP contribution in [-0.2, 0) is 11.2 Å². The number of hydrogen-bond acceptors (Lipinski definition) is 4. The lowest BCUT2D eigenvalue weighted by molar-refractivity contribution is 0.0592. The maximum absolute atomic E-state index is 11.4. The number of carbonyl (C=O) groups is 1. The topological polar surface area (TPSA) is 52.1 Å². The predicted octanol–water partition coefficient (Wildman–Crippen LogP) is 2.12. The Balaban J connectivity index is 3.14. The van der Waals surface area contributed by atoms with E-state index < -0.39 is 5.97 Å². The quantitative estimate of drug-likeness (QED) is 0.587. The molecule has 0 unspecified atom stereocenters. The first-order chi connectivity index (χ1) is 7.06. The van der Waals surface area contributed by atoms with Gasteiger partial charge >= 0.3 is 5.97 Å². The van der Waals surface area contributed by atoms with Crippen molar-refractivity contribution in [2.24, 2.45) is 5.92 Å². The van der Waals surface area contributed by atoms with Crippen LogP contribution >= 0.6 is 11.6 Å². The Morgan fingerprint density at radius 3 is 2.73 bits per heavy atom. The molecule has 0 saturated carbocycles. The largest absolute Gasteiger partial charge is 0.464 e. The molecule has 0 saturated heterocycles. The molecule has 0 spiro atoms. The Morgan fingerprint density at radius 2 is 2.20 bits per heavy atom. The van der Waals surface area contributed by atoms with Gasteiger partial charge in [-0.1, -0.05) is 25.4 Å². The molecular formula is C10H13ClN2O2. The van der Waals surface area contributed by atoms with E-state index >= 15 is 0 Å². The first kappa shape index (κ1) is 11.9. The number of hydrogen-bond donors (Lipinski definition) is 0. The van der Waals surface area contributed by atoms with E-state index in [9.17, 15) is 4.79 Å². The first-order valence-corrected chi connectivity index (χ1v) is 5.01. The highest BCUT2D eigenvalue weighted by Gasteiger charge is 2.17. The third kappa shape index (κ3) is 2.89. The average Bonchev–Trinajstić information content (AvgIpc) is 2.19. The van der Waals surface area contributed by atoms with E-state index in [0.717, 1.165) is 0 Å². The molecule has 0 amide bonds. The molecule has 5 heteroatoms. The van der Waals surface area contributed by atoms with Crippen LogP contribution in [0.1, 0.15) is 29.9 Å². The van der Waals surface area contributed by atoms with Gasteiger partial charge in [0.15, 0.2) is 5.69 Å². The normalized spacial score (nSPS) is 10.5. The third-order valence-electron chi connectivity index (χ3n) is 1.88. The van der Waals surface area contributed by atoms with Crippen LogP contribution < -0.4 is 0 Å². The van der Waals surface area contributed by atoms with Crippen LogP contribution in [0.3, 0.4) is 0 Å².